The molecule has 0 amide bonds. The molecule has 2 fully saturated rings. The van der Waals surface area contributed by atoms with Crippen molar-refractivity contribution in [3.63, 3.8) is 0 Å². The molecule has 4 aliphatic rings. The zero-order valence-electron chi connectivity index (χ0n) is 14.5. The van der Waals surface area contributed by atoms with Gasteiger partial charge in [0.25, 0.3) is 0 Å². The molecular formula is C16H20N2Na2O4. The Bertz CT molecular complexity index is 502. The Kier molecular flexibility index (Phi) is 8.87. The average molecular weight is 350 g/mol. The van der Waals surface area contributed by atoms with Crippen LogP contribution in [0.5, 0.6) is 0 Å². The molecule has 120 valence electrons. The van der Waals surface area contributed by atoms with Crippen molar-refractivity contribution in [3.05, 3.63) is 23.5 Å². The van der Waals surface area contributed by atoms with Gasteiger partial charge in [-0.1, -0.05) is 12.2 Å². The van der Waals surface area contributed by atoms with E-state index in [-0.39, 0.29) is 59.1 Å². The Morgan fingerprint density at radius 3 is 1.38 bits per heavy atom. The van der Waals surface area contributed by atoms with Crippen molar-refractivity contribution in [2.24, 2.45) is 0 Å². The maximum atomic E-state index is 10.5. The second-order valence-corrected chi connectivity index (χ2v) is 6.18. The van der Waals surface area contributed by atoms with Crippen LogP contribution in [-0.2, 0) is 9.59 Å². The summed E-state index contributed by atoms with van der Waals surface area (Å²) >= 11 is 0. The van der Waals surface area contributed by atoms with Crippen molar-refractivity contribution in [2.75, 3.05) is 13.1 Å². The molecule has 2 atom stereocenters. The molecule has 2 saturated heterocycles. The van der Waals surface area contributed by atoms with Crippen LogP contribution in [-0.4, -0.2) is 46.9 Å². The van der Waals surface area contributed by atoms with Gasteiger partial charge in [-0.2, -0.15) is 0 Å². The number of fused-ring (bicyclic) bond motifs is 2. The number of hydrogen-bond donors (Lipinski definition) is 0. The van der Waals surface area contributed by atoms with Crippen LogP contribution in [0.2, 0.25) is 0 Å². The summed E-state index contributed by atoms with van der Waals surface area (Å²) in [7, 11) is 0. The Balaban J connectivity index is 0.000000222. The first-order valence-electron chi connectivity index (χ1n) is 7.94. The molecule has 0 radical (unpaired) electrons. The molecule has 4 rings (SSSR count). The summed E-state index contributed by atoms with van der Waals surface area (Å²) in [5.41, 5.74) is 0.819. The number of hydrogen-bond acceptors (Lipinski definition) is 6. The van der Waals surface area contributed by atoms with Gasteiger partial charge in [0.1, 0.15) is 0 Å². The Labute approximate surface area is 186 Å². The van der Waals surface area contributed by atoms with Gasteiger partial charge >= 0.3 is 59.1 Å². The number of aliphatic carboxylic acids is 2. The summed E-state index contributed by atoms with van der Waals surface area (Å²) in [6, 6.07) is 0.987. The second-order valence-electron chi connectivity index (χ2n) is 6.18. The van der Waals surface area contributed by atoms with Crippen molar-refractivity contribution in [1.82, 2.24) is 9.80 Å². The SMILES string of the molecule is O=C([O-])C1=CCCC2CCN12.O=C([O-])C1=CCCC2CCN12.[Na+].[Na+]. The van der Waals surface area contributed by atoms with E-state index in [9.17, 15) is 19.8 Å². The standard InChI is InChI=1S/2C8H11NO2.2Na/c2*10-8(11)7-3-1-2-6-4-5-9(6)7;;/h2*3,6H,1-2,4-5H2,(H,10,11);;/q;;2*+1/p-2. The van der Waals surface area contributed by atoms with Crippen LogP contribution < -0.4 is 69.3 Å². The molecule has 0 aromatic rings. The van der Waals surface area contributed by atoms with E-state index in [4.69, 9.17) is 0 Å². The number of carboxylic acid groups (broad SMARTS) is 2. The average Bonchev–Trinajstić information content (AvgIpc) is 2.41. The molecule has 6 nitrogen and oxygen atoms in total. The van der Waals surface area contributed by atoms with Gasteiger partial charge in [0, 0.05) is 25.2 Å². The van der Waals surface area contributed by atoms with E-state index in [2.05, 4.69) is 0 Å². The predicted octanol–water partition coefficient (Wildman–Crippen LogP) is -7.02. The summed E-state index contributed by atoms with van der Waals surface area (Å²) in [4.78, 5) is 24.9. The Morgan fingerprint density at radius 2 is 1.17 bits per heavy atom. The normalized spacial score (nSPS) is 26.2. The maximum Gasteiger partial charge on any atom is 1.00 e. The first-order chi connectivity index (χ1) is 10.6. The molecule has 8 heteroatoms. The van der Waals surface area contributed by atoms with Gasteiger partial charge in [0.2, 0.25) is 0 Å². The largest absolute Gasteiger partial charge is 1.00 e. The van der Waals surface area contributed by atoms with Crippen molar-refractivity contribution in [2.45, 2.75) is 50.6 Å². The van der Waals surface area contributed by atoms with Crippen molar-refractivity contribution in [1.29, 1.82) is 0 Å². The van der Waals surface area contributed by atoms with Crippen molar-refractivity contribution < 1.29 is 78.9 Å². The number of carbonyl (C=O) groups excluding carboxylic acids is 2. The minimum Gasteiger partial charge on any atom is -0.543 e. The van der Waals surface area contributed by atoms with Crippen LogP contribution in [0.3, 0.4) is 0 Å². The monoisotopic (exact) mass is 350 g/mol. The van der Waals surface area contributed by atoms with Crippen LogP contribution in [0.1, 0.15) is 38.5 Å². The van der Waals surface area contributed by atoms with Gasteiger partial charge in [0.05, 0.1) is 23.3 Å². The van der Waals surface area contributed by atoms with Crippen LogP contribution >= 0.6 is 0 Å². The zero-order chi connectivity index (χ0) is 15.7. The van der Waals surface area contributed by atoms with Crippen molar-refractivity contribution >= 4 is 11.9 Å². The van der Waals surface area contributed by atoms with Crippen LogP contribution in [0.15, 0.2) is 23.5 Å². The van der Waals surface area contributed by atoms with Crippen LogP contribution in [0.25, 0.3) is 0 Å². The van der Waals surface area contributed by atoms with E-state index in [1.54, 1.807) is 12.2 Å². The Morgan fingerprint density at radius 1 is 0.792 bits per heavy atom. The molecule has 0 bridgehead atoms. The van der Waals surface area contributed by atoms with Crippen molar-refractivity contribution in [3.8, 4) is 0 Å². The molecule has 0 N–H and O–H groups in total. The maximum absolute atomic E-state index is 10.5. The molecule has 4 heterocycles. The summed E-state index contributed by atoms with van der Waals surface area (Å²) in [5, 5.41) is 21.0. The zero-order valence-corrected chi connectivity index (χ0v) is 18.5. The van der Waals surface area contributed by atoms with Crippen LogP contribution in [0.4, 0.5) is 0 Å². The second kappa shape index (κ2) is 9.64. The van der Waals surface area contributed by atoms with Gasteiger partial charge in [-0.15, -0.1) is 0 Å². The van der Waals surface area contributed by atoms with Crippen LogP contribution in [0, 0.1) is 0 Å². The number of rotatable bonds is 2. The number of nitrogens with zero attached hydrogens (tertiary/aromatic N) is 2. The quantitative estimate of drug-likeness (QED) is 0.460. The molecule has 0 aliphatic carbocycles. The fourth-order valence-corrected chi connectivity index (χ4v) is 3.58. The summed E-state index contributed by atoms with van der Waals surface area (Å²) in [6.45, 7) is 1.79. The third kappa shape index (κ3) is 4.59. The molecule has 2 unspecified atom stereocenters. The summed E-state index contributed by atoms with van der Waals surface area (Å²) < 4.78 is 0. The van der Waals surface area contributed by atoms with E-state index in [0.29, 0.717) is 23.5 Å². The summed E-state index contributed by atoms with van der Waals surface area (Å²) in [5.74, 6) is -2.04. The Hall–Kier alpha value is 0.0200. The van der Waals surface area contributed by atoms with E-state index in [0.717, 1.165) is 51.6 Å². The molecular weight excluding hydrogens is 330 g/mol. The van der Waals surface area contributed by atoms with E-state index in [1.165, 1.54) is 0 Å². The first kappa shape index (κ1) is 22.1. The first-order valence-corrected chi connectivity index (χ1v) is 7.94. The van der Waals surface area contributed by atoms with E-state index >= 15 is 0 Å². The van der Waals surface area contributed by atoms with Gasteiger partial charge in [-0.3, -0.25) is 0 Å². The number of allylic oxidation sites excluding steroid dienone is 2. The van der Waals surface area contributed by atoms with Gasteiger partial charge in [-0.05, 0) is 38.5 Å². The van der Waals surface area contributed by atoms with Gasteiger partial charge < -0.3 is 29.6 Å². The topological polar surface area (TPSA) is 86.7 Å². The van der Waals surface area contributed by atoms with E-state index in [1.807, 2.05) is 9.80 Å². The predicted molar refractivity (Wildman–Crippen MR) is 74.9 cm³/mol. The number of carbonyl (C=O) groups is 2. The molecule has 0 saturated carbocycles. The molecule has 0 spiro atoms. The smallest absolute Gasteiger partial charge is 0.543 e. The molecule has 0 aromatic carbocycles. The molecule has 0 aromatic heterocycles. The fourth-order valence-electron chi connectivity index (χ4n) is 3.58. The van der Waals surface area contributed by atoms with E-state index < -0.39 is 11.9 Å². The van der Waals surface area contributed by atoms with Gasteiger partial charge in [0.15, 0.2) is 0 Å². The summed E-state index contributed by atoms with van der Waals surface area (Å²) in [6.07, 6.45) is 9.83. The molecule has 4 aliphatic heterocycles. The number of carboxylic acids is 2. The molecule has 24 heavy (non-hydrogen) atoms. The third-order valence-electron chi connectivity index (χ3n) is 5.00. The third-order valence-corrected chi connectivity index (χ3v) is 5.00. The fraction of sp³-hybridized carbons (Fsp3) is 0.625. The minimum absolute atomic E-state index is 0. The minimum atomic E-state index is -1.02. The van der Waals surface area contributed by atoms with Gasteiger partial charge in [-0.25, -0.2) is 0 Å².